The second kappa shape index (κ2) is 6.96. The van der Waals surface area contributed by atoms with E-state index in [1.165, 1.54) is 0 Å². The molecule has 1 aliphatic rings. The van der Waals surface area contributed by atoms with Crippen molar-refractivity contribution in [3.05, 3.63) is 35.6 Å². The van der Waals surface area contributed by atoms with Gasteiger partial charge < -0.3 is 15.2 Å². The monoisotopic (exact) mass is 330 g/mol. The summed E-state index contributed by atoms with van der Waals surface area (Å²) < 4.78 is 5.01. The quantitative estimate of drug-likeness (QED) is 0.858. The zero-order valence-electron chi connectivity index (χ0n) is 14.0. The van der Waals surface area contributed by atoms with Crippen molar-refractivity contribution in [2.75, 3.05) is 25.9 Å². The van der Waals surface area contributed by atoms with Crippen LogP contribution in [0.4, 0.5) is 5.82 Å². The van der Waals surface area contributed by atoms with Gasteiger partial charge in [0.2, 0.25) is 5.91 Å². The van der Waals surface area contributed by atoms with Crippen molar-refractivity contribution in [1.29, 1.82) is 0 Å². The number of anilines is 1. The predicted molar refractivity (Wildman–Crippen MR) is 87.8 cm³/mol. The summed E-state index contributed by atoms with van der Waals surface area (Å²) >= 11 is 0. The molecule has 1 fully saturated rings. The van der Waals surface area contributed by atoms with E-state index in [0.717, 1.165) is 18.7 Å². The molecule has 8 heteroatoms. The number of nitrogen functional groups attached to an aromatic ring is 1. The van der Waals surface area contributed by atoms with Gasteiger partial charge in [-0.3, -0.25) is 9.69 Å². The molecule has 1 atom stereocenters. The second-order valence-corrected chi connectivity index (χ2v) is 6.20. The van der Waals surface area contributed by atoms with Gasteiger partial charge >= 0.3 is 0 Å². The summed E-state index contributed by atoms with van der Waals surface area (Å²) in [6.45, 7) is 3.89. The number of aromatic nitrogens is 3. The van der Waals surface area contributed by atoms with Crippen LogP contribution in [0, 0.1) is 6.92 Å². The molecule has 3 rings (SSSR count). The average Bonchev–Trinajstić information content (AvgIpc) is 3.16. The molecule has 0 radical (unpaired) electrons. The minimum atomic E-state index is 0.0828. The van der Waals surface area contributed by atoms with E-state index < -0.39 is 0 Å². The van der Waals surface area contributed by atoms with Crippen molar-refractivity contribution < 1.29 is 9.32 Å². The number of nitrogens with zero attached hydrogens (tertiary/aromatic N) is 5. The summed E-state index contributed by atoms with van der Waals surface area (Å²) in [5.74, 6) is 1.97. The summed E-state index contributed by atoms with van der Waals surface area (Å²) in [6, 6.07) is 3.76. The molecule has 1 unspecified atom stereocenters. The van der Waals surface area contributed by atoms with Crippen molar-refractivity contribution in [3.63, 3.8) is 0 Å². The van der Waals surface area contributed by atoms with Crippen molar-refractivity contribution in [2.45, 2.75) is 32.4 Å². The highest BCUT2D eigenvalue weighted by molar-refractivity contribution is 5.78. The normalized spacial score (nSPS) is 17.6. The Morgan fingerprint density at radius 2 is 2.38 bits per heavy atom. The van der Waals surface area contributed by atoms with Gasteiger partial charge in [-0.1, -0.05) is 5.16 Å². The van der Waals surface area contributed by atoms with Crippen LogP contribution in [0.1, 0.15) is 23.7 Å². The maximum atomic E-state index is 12.4. The molecule has 2 N–H and O–H groups in total. The number of hydrogen-bond donors (Lipinski definition) is 1. The highest BCUT2D eigenvalue weighted by Gasteiger charge is 2.29. The lowest BCUT2D eigenvalue weighted by molar-refractivity contribution is -0.129. The summed E-state index contributed by atoms with van der Waals surface area (Å²) in [7, 11) is 2.02. The summed E-state index contributed by atoms with van der Waals surface area (Å²) in [5, 5.41) is 3.88. The van der Waals surface area contributed by atoms with Gasteiger partial charge in [-0.2, -0.15) is 0 Å². The highest BCUT2D eigenvalue weighted by atomic mass is 16.5. The lowest BCUT2D eigenvalue weighted by Gasteiger charge is -2.24. The molecule has 2 aromatic heterocycles. The van der Waals surface area contributed by atoms with E-state index in [1.54, 1.807) is 18.3 Å². The molecular formula is C16H22N6O2. The lowest BCUT2D eigenvalue weighted by atomic mass is 10.2. The first-order valence-corrected chi connectivity index (χ1v) is 7.99. The van der Waals surface area contributed by atoms with Crippen LogP contribution < -0.4 is 5.73 Å². The lowest BCUT2D eigenvalue weighted by Crippen LogP contribution is -2.37. The Morgan fingerprint density at radius 1 is 1.54 bits per heavy atom. The maximum absolute atomic E-state index is 12.4. The Morgan fingerprint density at radius 3 is 3.08 bits per heavy atom. The molecule has 0 spiro atoms. The number of carbonyl (C=O) groups is 1. The molecule has 0 bridgehead atoms. The van der Waals surface area contributed by atoms with E-state index in [1.807, 2.05) is 18.9 Å². The fraction of sp³-hybridized carbons (Fsp3) is 0.500. The molecule has 2 aromatic rings. The standard InChI is InChI=1S/C16H22N6O2/c1-11-7-12(20-24-11)8-16(23)22-6-4-13(9-22)21(2)10-15-18-5-3-14(17)19-15/h3,5,7,13H,4,6,8-10H2,1-2H3,(H2,17,18,19). The molecule has 128 valence electrons. The smallest absolute Gasteiger partial charge is 0.228 e. The third-order valence-corrected chi connectivity index (χ3v) is 4.27. The largest absolute Gasteiger partial charge is 0.384 e. The van der Waals surface area contributed by atoms with Gasteiger partial charge in [0.05, 0.1) is 18.7 Å². The first kappa shape index (κ1) is 16.4. The number of rotatable bonds is 5. The van der Waals surface area contributed by atoms with Gasteiger partial charge in [-0.25, -0.2) is 9.97 Å². The summed E-state index contributed by atoms with van der Waals surface area (Å²) in [4.78, 5) is 24.9. The first-order valence-electron chi connectivity index (χ1n) is 7.99. The van der Waals surface area contributed by atoms with E-state index in [-0.39, 0.29) is 18.4 Å². The van der Waals surface area contributed by atoms with Crippen molar-refractivity contribution in [2.24, 2.45) is 0 Å². The topological polar surface area (TPSA) is 101 Å². The zero-order chi connectivity index (χ0) is 17.1. The molecule has 0 saturated carbocycles. The Kier molecular flexibility index (Phi) is 4.75. The molecule has 3 heterocycles. The number of amides is 1. The van der Waals surface area contributed by atoms with Crippen LogP contribution in [0.15, 0.2) is 22.9 Å². The predicted octanol–water partition coefficient (Wildman–Crippen LogP) is 0.631. The number of likely N-dealkylation sites (tertiary alicyclic amines) is 1. The van der Waals surface area contributed by atoms with Crippen LogP contribution in [-0.2, 0) is 17.8 Å². The number of nitrogens with two attached hydrogens (primary N) is 1. The minimum Gasteiger partial charge on any atom is -0.384 e. The zero-order valence-corrected chi connectivity index (χ0v) is 14.0. The van der Waals surface area contributed by atoms with E-state index in [0.29, 0.717) is 30.4 Å². The minimum absolute atomic E-state index is 0.0828. The third kappa shape index (κ3) is 3.88. The van der Waals surface area contributed by atoms with Crippen molar-refractivity contribution in [1.82, 2.24) is 24.9 Å². The van der Waals surface area contributed by atoms with E-state index in [4.69, 9.17) is 10.3 Å². The Labute approximate surface area is 140 Å². The van der Waals surface area contributed by atoms with Gasteiger partial charge in [0.15, 0.2) is 0 Å². The number of carbonyl (C=O) groups excluding carboxylic acids is 1. The molecular weight excluding hydrogens is 308 g/mol. The maximum Gasteiger partial charge on any atom is 0.228 e. The SMILES string of the molecule is Cc1cc(CC(=O)N2CCC(N(C)Cc3nccc(N)n3)C2)no1. The Hall–Kier alpha value is -2.48. The highest BCUT2D eigenvalue weighted by Crippen LogP contribution is 2.17. The van der Waals surface area contributed by atoms with Crippen LogP contribution in [0.2, 0.25) is 0 Å². The van der Waals surface area contributed by atoms with Gasteiger partial charge in [0, 0.05) is 31.4 Å². The van der Waals surface area contributed by atoms with Crippen LogP contribution in [0.3, 0.4) is 0 Å². The summed E-state index contributed by atoms with van der Waals surface area (Å²) in [5.41, 5.74) is 6.37. The Bertz CT molecular complexity index is 716. The molecule has 1 aliphatic heterocycles. The second-order valence-electron chi connectivity index (χ2n) is 6.20. The number of aryl methyl sites for hydroxylation is 1. The van der Waals surface area contributed by atoms with Crippen LogP contribution >= 0.6 is 0 Å². The van der Waals surface area contributed by atoms with Crippen molar-refractivity contribution in [3.8, 4) is 0 Å². The van der Waals surface area contributed by atoms with E-state index >= 15 is 0 Å². The van der Waals surface area contributed by atoms with Gasteiger partial charge in [-0.15, -0.1) is 0 Å². The van der Waals surface area contributed by atoms with E-state index in [2.05, 4.69) is 20.0 Å². The first-order chi connectivity index (χ1) is 11.5. The number of hydrogen-bond acceptors (Lipinski definition) is 7. The fourth-order valence-electron chi connectivity index (χ4n) is 2.94. The van der Waals surface area contributed by atoms with Crippen LogP contribution in [-0.4, -0.2) is 57.0 Å². The molecule has 0 aliphatic carbocycles. The van der Waals surface area contributed by atoms with Crippen LogP contribution in [0.25, 0.3) is 0 Å². The van der Waals surface area contributed by atoms with E-state index in [9.17, 15) is 4.79 Å². The van der Waals surface area contributed by atoms with Gasteiger partial charge in [0.25, 0.3) is 0 Å². The van der Waals surface area contributed by atoms with Gasteiger partial charge in [0.1, 0.15) is 17.4 Å². The molecule has 1 saturated heterocycles. The summed E-state index contributed by atoms with van der Waals surface area (Å²) in [6.07, 6.45) is 2.88. The van der Waals surface area contributed by atoms with Gasteiger partial charge in [-0.05, 0) is 26.5 Å². The molecule has 0 aromatic carbocycles. The third-order valence-electron chi connectivity index (χ3n) is 4.27. The average molecular weight is 330 g/mol. The molecule has 24 heavy (non-hydrogen) atoms. The molecule has 8 nitrogen and oxygen atoms in total. The molecule has 1 amide bonds. The fourth-order valence-corrected chi connectivity index (χ4v) is 2.94. The Balaban J connectivity index is 1.53. The number of likely N-dealkylation sites (N-methyl/N-ethyl adjacent to an activating group) is 1. The van der Waals surface area contributed by atoms with Crippen LogP contribution in [0.5, 0.6) is 0 Å². The van der Waals surface area contributed by atoms with Crippen molar-refractivity contribution >= 4 is 11.7 Å².